The first-order chi connectivity index (χ1) is 11.7. The van der Waals surface area contributed by atoms with Crippen molar-refractivity contribution in [3.8, 4) is 5.75 Å². The van der Waals surface area contributed by atoms with Crippen LogP contribution in [0.2, 0.25) is 0 Å². The van der Waals surface area contributed by atoms with Gasteiger partial charge in [-0.15, -0.1) is 0 Å². The summed E-state index contributed by atoms with van der Waals surface area (Å²) in [6.45, 7) is 2.11. The highest BCUT2D eigenvalue weighted by Gasteiger charge is 2.42. The molecule has 2 atom stereocenters. The monoisotopic (exact) mass is 323 g/mol. The second kappa shape index (κ2) is 6.87. The van der Waals surface area contributed by atoms with Crippen LogP contribution in [0.1, 0.15) is 29.5 Å². The highest BCUT2D eigenvalue weighted by Crippen LogP contribution is 2.42. The van der Waals surface area contributed by atoms with Gasteiger partial charge in [-0.3, -0.25) is 4.79 Å². The Morgan fingerprint density at radius 2 is 1.92 bits per heavy atom. The summed E-state index contributed by atoms with van der Waals surface area (Å²) in [4.78, 5) is 12.5. The molecular formula is C20H21NO3. The van der Waals surface area contributed by atoms with E-state index >= 15 is 0 Å². The predicted molar refractivity (Wildman–Crippen MR) is 92.8 cm³/mol. The van der Waals surface area contributed by atoms with Gasteiger partial charge in [-0.2, -0.15) is 0 Å². The van der Waals surface area contributed by atoms with Gasteiger partial charge in [0.1, 0.15) is 11.7 Å². The number of esters is 1. The molecule has 0 saturated carbocycles. The maximum absolute atomic E-state index is 12.5. The Kier molecular flexibility index (Phi) is 4.65. The van der Waals surface area contributed by atoms with Crippen molar-refractivity contribution in [3.63, 3.8) is 0 Å². The summed E-state index contributed by atoms with van der Waals surface area (Å²) in [5.74, 6) is -0.271. The van der Waals surface area contributed by atoms with Gasteiger partial charge in [-0.05, 0) is 36.6 Å². The number of nitrogens with one attached hydrogen (secondary N) is 1. The number of fused-ring (bicyclic) bond motifs is 1. The molecule has 2 aromatic rings. The molecule has 1 N–H and O–H groups in total. The van der Waals surface area contributed by atoms with Gasteiger partial charge in [0.2, 0.25) is 0 Å². The van der Waals surface area contributed by atoms with E-state index in [4.69, 9.17) is 14.9 Å². The molecule has 0 heterocycles. The lowest BCUT2D eigenvalue weighted by Crippen LogP contribution is -2.27. The summed E-state index contributed by atoms with van der Waals surface area (Å²) in [5.41, 5.74) is 3.27. The van der Waals surface area contributed by atoms with Gasteiger partial charge in [0.25, 0.3) is 0 Å². The number of methoxy groups -OCH3 is 1. The van der Waals surface area contributed by atoms with E-state index in [1.807, 2.05) is 48.5 Å². The normalized spacial score (nSPS) is 19.0. The van der Waals surface area contributed by atoms with E-state index in [-0.39, 0.29) is 11.9 Å². The molecule has 124 valence electrons. The summed E-state index contributed by atoms with van der Waals surface area (Å²) in [7, 11) is 1.60. The number of carbonyl (C=O) groups is 1. The van der Waals surface area contributed by atoms with Crippen LogP contribution in [0.5, 0.6) is 5.75 Å². The van der Waals surface area contributed by atoms with E-state index in [0.717, 1.165) is 16.7 Å². The fourth-order valence-electron chi connectivity index (χ4n) is 3.38. The zero-order valence-corrected chi connectivity index (χ0v) is 13.9. The van der Waals surface area contributed by atoms with E-state index in [1.54, 1.807) is 14.0 Å². The molecular weight excluding hydrogens is 302 g/mol. The minimum Gasteiger partial charge on any atom is -0.497 e. The predicted octanol–water partition coefficient (Wildman–Crippen LogP) is 3.58. The van der Waals surface area contributed by atoms with E-state index in [9.17, 15) is 4.79 Å². The van der Waals surface area contributed by atoms with Crippen molar-refractivity contribution >= 4 is 11.7 Å². The number of hydrogen-bond donors (Lipinski definition) is 1. The van der Waals surface area contributed by atoms with Crippen molar-refractivity contribution in [1.82, 2.24) is 0 Å². The minimum atomic E-state index is -0.563. The average molecular weight is 323 g/mol. The Balaban J connectivity index is 2.01. The lowest BCUT2D eigenvalue weighted by Gasteiger charge is -2.19. The molecule has 4 nitrogen and oxygen atoms in total. The van der Waals surface area contributed by atoms with Gasteiger partial charge in [0, 0.05) is 11.5 Å². The molecule has 0 spiro atoms. The van der Waals surface area contributed by atoms with Crippen LogP contribution < -0.4 is 4.74 Å². The van der Waals surface area contributed by atoms with E-state index in [0.29, 0.717) is 24.5 Å². The van der Waals surface area contributed by atoms with Gasteiger partial charge in [0.05, 0.1) is 19.4 Å². The van der Waals surface area contributed by atoms with Gasteiger partial charge in [0.15, 0.2) is 0 Å². The molecule has 0 aromatic heterocycles. The Morgan fingerprint density at radius 3 is 2.58 bits per heavy atom. The molecule has 0 bridgehead atoms. The van der Waals surface area contributed by atoms with Crippen molar-refractivity contribution < 1.29 is 14.3 Å². The molecule has 0 amide bonds. The number of carbonyl (C=O) groups excluding carboxylic acids is 1. The van der Waals surface area contributed by atoms with Gasteiger partial charge in [-0.1, -0.05) is 36.4 Å². The van der Waals surface area contributed by atoms with Crippen molar-refractivity contribution in [2.45, 2.75) is 19.3 Å². The first-order valence-electron chi connectivity index (χ1n) is 8.13. The molecule has 0 radical (unpaired) electrons. The molecule has 2 aromatic carbocycles. The first kappa shape index (κ1) is 16.2. The molecule has 0 saturated heterocycles. The third-order valence-electron chi connectivity index (χ3n) is 4.50. The molecule has 24 heavy (non-hydrogen) atoms. The largest absolute Gasteiger partial charge is 0.497 e. The van der Waals surface area contributed by atoms with Crippen LogP contribution in [-0.2, 0) is 16.0 Å². The average Bonchev–Trinajstić information content (AvgIpc) is 2.87. The Hall–Kier alpha value is -2.62. The summed E-state index contributed by atoms with van der Waals surface area (Å²) < 4.78 is 10.5. The van der Waals surface area contributed by atoms with Crippen molar-refractivity contribution in [2.24, 2.45) is 5.92 Å². The van der Waals surface area contributed by atoms with Gasteiger partial charge in [-0.25, -0.2) is 0 Å². The molecule has 0 fully saturated rings. The molecule has 3 rings (SSSR count). The summed E-state index contributed by atoms with van der Waals surface area (Å²) in [6.07, 6.45) is 0.700. The third kappa shape index (κ3) is 2.92. The van der Waals surface area contributed by atoms with Crippen LogP contribution >= 0.6 is 0 Å². The molecule has 4 heteroatoms. The van der Waals surface area contributed by atoms with E-state index in [1.165, 1.54) is 0 Å². The first-order valence-corrected chi connectivity index (χ1v) is 8.13. The van der Waals surface area contributed by atoms with Crippen molar-refractivity contribution in [2.75, 3.05) is 13.7 Å². The topological polar surface area (TPSA) is 59.4 Å². The second-order valence-electron chi connectivity index (χ2n) is 5.89. The summed E-state index contributed by atoms with van der Waals surface area (Å²) in [5, 5.41) is 8.51. The van der Waals surface area contributed by atoms with E-state index in [2.05, 4.69) is 0 Å². The number of ether oxygens (including phenoxy) is 2. The fraction of sp³-hybridized carbons (Fsp3) is 0.300. The third-order valence-corrected chi connectivity index (χ3v) is 4.50. The van der Waals surface area contributed by atoms with Crippen LogP contribution in [-0.4, -0.2) is 25.4 Å². The highest BCUT2D eigenvalue weighted by atomic mass is 16.5. The zero-order chi connectivity index (χ0) is 17.1. The Bertz CT molecular complexity index is 755. The van der Waals surface area contributed by atoms with Crippen molar-refractivity contribution in [3.05, 3.63) is 65.2 Å². The molecule has 0 aliphatic heterocycles. The van der Waals surface area contributed by atoms with Crippen LogP contribution in [0, 0.1) is 11.3 Å². The van der Waals surface area contributed by atoms with Gasteiger partial charge < -0.3 is 14.9 Å². The zero-order valence-electron chi connectivity index (χ0n) is 13.9. The Morgan fingerprint density at radius 1 is 1.17 bits per heavy atom. The number of benzene rings is 2. The molecule has 0 unspecified atom stereocenters. The lowest BCUT2D eigenvalue weighted by molar-refractivity contribution is -0.146. The SMILES string of the molecule is CCOC(=O)[C@@H]1C(=N)c2cc(OC)ccc2[C@H]1Cc1ccccc1. The van der Waals surface area contributed by atoms with Gasteiger partial charge >= 0.3 is 5.97 Å². The smallest absolute Gasteiger partial charge is 0.315 e. The van der Waals surface area contributed by atoms with E-state index < -0.39 is 5.92 Å². The Labute approximate surface area is 141 Å². The van der Waals surface area contributed by atoms with Crippen molar-refractivity contribution in [1.29, 1.82) is 5.41 Å². The van der Waals surface area contributed by atoms with Crippen LogP contribution in [0.3, 0.4) is 0 Å². The standard InChI is InChI=1S/C20H21NO3/c1-3-24-20(22)18-16(11-13-7-5-4-6-8-13)15-10-9-14(23-2)12-17(15)19(18)21/h4-10,12,16,18,21H,3,11H2,1-2H3/t16-,18+/m1/s1. The quantitative estimate of drug-likeness (QED) is 0.856. The lowest BCUT2D eigenvalue weighted by atomic mass is 9.86. The van der Waals surface area contributed by atoms with Crippen LogP contribution in [0.15, 0.2) is 48.5 Å². The molecule has 1 aliphatic rings. The van der Waals surface area contributed by atoms with Crippen LogP contribution in [0.25, 0.3) is 0 Å². The minimum absolute atomic E-state index is 0.0835. The second-order valence-corrected chi connectivity index (χ2v) is 5.89. The number of rotatable bonds is 5. The summed E-state index contributed by atoms with van der Waals surface area (Å²) >= 11 is 0. The maximum Gasteiger partial charge on any atom is 0.315 e. The number of hydrogen-bond acceptors (Lipinski definition) is 4. The highest BCUT2D eigenvalue weighted by molar-refractivity contribution is 6.14. The van der Waals surface area contributed by atoms with Crippen LogP contribution in [0.4, 0.5) is 0 Å². The fourth-order valence-corrected chi connectivity index (χ4v) is 3.38. The summed E-state index contributed by atoms with van der Waals surface area (Å²) in [6, 6.07) is 15.7. The maximum atomic E-state index is 12.5. The molecule has 1 aliphatic carbocycles.